The average Bonchev–Trinajstić information content (AvgIpc) is 2.35. The summed E-state index contributed by atoms with van der Waals surface area (Å²) in [6, 6.07) is 8.18. The Morgan fingerprint density at radius 1 is 1.39 bits per heavy atom. The van der Waals surface area contributed by atoms with Crippen molar-refractivity contribution in [2.24, 2.45) is 5.73 Å². The second kappa shape index (κ2) is 7.36. The van der Waals surface area contributed by atoms with Gasteiger partial charge in [0, 0.05) is 18.6 Å². The van der Waals surface area contributed by atoms with Gasteiger partial charge in [-0.2, -0.15) is 0 Å². The summed E-state index contributed by atoms with van der Waals surface area (Å²) >= 11 is 0. The summed E-state index contributed by atoms with van der Waals surface area (Å²) in [6.07, 6.45) is 0.400. The third-order valence-electron chi connectivity index (χ3n) is 2.91. The molecule has 0 amide bonds. The first-order valence-corrected chi connectivity index (χ1v) is 6.35. The molecule has 1 aromatic carbocycles. The Morgan fingerprint density at radius 2 is 2.11 bits per heavy atom. The lowest BCUT2D eigenvalue weighted by Crippen LogP contribution is -2.36. The van der Waals surface area contributed by atoms with Crippen LogP contribution >= 0.6 is 0 Å². The molecule has 0 radical (unpaired) electrons. The first-order chi connectivity index (χ1) is 8.56. The predicted molar refractivity (Wildman–Crippen MR) is 73.7 cm³/mol. The van der Waals surface area contributed by atoms with Gasteiger partial charge in [0.1, 0.15) is 5.75 Å². The zero-order chi connectivity index (χ0) is 13.5. The summed E-state index contributed by atoms with van der Waals surface area (Å²) < 4.78 is 5.21. The number of hydrogen-bond acceptors (Lipinski definition) is 4. The second-order valence-corrected chi connectivity index (χ2v) is 4.72. The van der Waals surface area contributed by atoms with Crippen LogP contribution in [0.15, 0.2) is 24.3 Å². The minimum absolute atomic E-state index is 0.0776. The molecule has 4 N–H and O–H groups in total. The summed E-state index contributed by atoms with van der Waals surface area (Å²) in [6.45, 7) is 4.36. The average molecular weight is 252 g/mol. The zero-order valence-electron chi connectivity index (χ0n) is 11.4. The van der Waals surface area contributed by atoms with Gasteiger partial charge in [-0.05, 0) is 38.0 Å². The molecule has 3 atom stereocenters. The van der Waals surface area contributed by atoms with E-state index in [1.54, 1.807) is 14.0 Å². The minimum Gasteiger partial charge on any atom is -0.497 e. The van der Waals surface area contributed by atoms with Crippen LogP contribution in [0.1, 0.15) is 31.9 Å². The van der Waals surface area contributed by atoms with Crippen LogP contribution in [0.4, 0.5) is 0 Å². The molecule has 18 heavy (non-hydrogen) atoms. The quantitative estimate of drug-likeness (QED) is 0.687. The smallest absolute Gasteiger partial charge is 0.119 e. The van der Waals surface area contributed by atoms with Gasteiger partial charge in [0.05, 0.1) is 13.2 Å². The Balaban J connectivity index is 2.70. The molecule has 102 valence electrons. The van der Waals surface area contributed by atoms with Crippen molar-refractivity contribution in [3.8, 4) is 5.75 Å². The maximum absolute atomic E-state index is 9.37. The highest BCUT2D eigenvalue weighted by atomic mass is 16.5. The van der Waals surface area contributed by atoms with Crippen molar-refractivity contribution in [3.05, 3.63) is 29.8 Å². The monoisotopic (exact) mass is 252 g/mol. The molecule has 0 aliphatic heterocycles. The second-order valence-electron chi connectivity index (χ2n) is 4.72. The number of aliphatic hydroxyl groups is 1. The van der Waals surface area contributed by atoms with Gasteiger partial charge < -0.3 is 20.9 Å². The fourth-order valence-electron chi connectivity index (χ4n) is 2.08. The number of rotatable bonds is 7. The third kappa shape index (κ3) is 4.64. The Labute approximate surface area is 109 Å². The summed E-state index contributed by atoms with van der Waals surface area (Å²) in [4.78, 5) is 0. The van der Waals surface area contributed by atoms with E-state index in [-0.39, 0.29) is 18.2 Å². The highest BCUT2D eigenvalue weighted by molar-refractivity contribution is 5.30. The van der Waals surface area contributed by atoms with Crippen molar-refractivity contribution in [2.75, 3.05) is 13.7 Å². The van der Waals surface area contributed by atoms with E-state index in [0.29, 0.717) is 13.0 Å². The van der Waals surface area contributed by atoms with E-state index < -0.39 is 0 Å². The first kappa shape index (κ1) is 15.0. The number of benzene rings is 1. The first-order valence-electron chi connectivity index (χ1n) is 6.35. The molecule has 4 nitrogen and oxygen atoms in total. The molecule has 0 spiro atoms. The van der Waals surface area contributed by atoms with Crippen molar-refractivity contribution in [1.29, 1.82) is 0 Å². The third-order valence-corrected chi connectivity index (χ3v) is 2.91. The summed E-state index contributed by atoms with van der Waals surface area (Å²) in [5.41, 5.74) is 6.92. The van der Waals surface area contributed by atoms with Gasteiger partial charge in [0.2, 0.25) is 0 Å². The molecule has 0 saturated carbocycles. The molecule has 0 saturated heterocycles. The van der Waals surface area contributed by atoms with E-state index in [0.717, 1.165) is 11.3 Å². The van der Waals surface area contributed by atoms with Crippen LogP contribution in [-0.2, 0) is 0 Å². The summed E-state index contributed by atoms with van der Waals surface area (Å²) in [5, 5.41) is 12.8. The number of aliphatic hydroxyl groups excluding tert-OH is 1. The van der Waals surface area contributed by atoms with E-state index in [1.807, 2.05) is 24.3 Å². The van der Waals surface area contributed by atoms with Crippen LogP contribution in [0, 0.1) is 0 Å². The molecule has 4 heteroatoms. The van der Waals surface area contributed by atoms with E-state index >= 15 is 0 Å². The molecular formula is C14H24N2O2. The summed E-state index contributed by atoms with van der Waals surface area (Å²) in [5.74, 6) is 0.830. The standard InChI is InChI=1S/C14H24N2O2/c1-10(7-11(2)17)16-14(9-15)12-5-4-6-13(8-12)18-3/h4-6,8,10-11,14,16-17H,7,9,15H2,1-3H3. The Kier molecular flexibility index (Phi) is 6.12. The summed E-state index contributed by atoms with van der Waals surface area (Å²) in [7, 11) is 1.65. The van der Waals surface area contributed by atoms with Gasteiger partial charge >= 0.3 is 0 Å². The normalized spacial score (nSPS) is 16.1. The SMILES string of the molecule is COc1cccc(C(CN)NC(C)CC(C)O)c1. The van der Waals surface area contributed by atoms with Gasteiger partial charge in [0.15, 0.2) is 0 Å². The van der Waals surface area contributed by atoms with Gasteiger partial charge in [0.25, 0.3) is 0 Å². The zero-order valence-corrected chi connectivity index (χ0v) is 11.4. The van der Waals surface area contributed by atoms with E-state index in [9.17, 15) is 5.11 Å². The lowest BCUT2D eigenvalue weighted by Gasteiger charge is -2.23. The Morgan fingerprint density at radius 3 is 2.67 bits per heavy atom. The minimum atomic E-state index is -0.309. The topological polar surface area (TPSA) is 67.5 Å². The highest BCUT2D eigenvalue weighted by Crippen LogP contribution is 2.19. The molecule has 0 fully saturated rings. The van der Waals surface area contributed by atoms with E-state index in [2.05, 4.69) is 12.2 Å². The molecular weight excluding hydrogens is 228 g/mol. The molecule has 1 aromatic rings. The number of nitrogens with two attached hydrogens (primary N) is 1. The van der Waals surface area contributed by atoms with Crippen LogP contribution in [-0.4, -0.2) is 30.9 Å². The van der Waals surface area contributed by atoms with Gasteiger partial charge in [-0.3, -0.25) is 0 Å². The van der Waals surface area contributed by atoms with Crippen LogP contribution in [0.3, 0.4) is 0 Å². The van der Waals surface area contributed by atoms with Crippen molar-refractivity contribution in [3.63, 3.8) is 0 Å². The maximum Gasteiger partial charge on any atom is 0.119 e. The van der Waals surface area contributed by atoms with E-state index in [4.69, 9.17) is 10.5 Å². The molecule has 1 rings (SSSR count). The van der Waals surface area contributed by atoms with Gasteiger partial charge in [-0.1, -0.05) is 12.1 Å². The Hall–Kier alpha value is -1.10. The van der Waals surface area contributed by atoms with E-state index in [1.165, 1.54) is 0 Å². The van der Waals surface area contributed by atoms with Crippen LogP contribution < -0.4 is 15.8 Å². The van der Waals surface area contributed by atoms with Crippen molar-refractivity contribution in [1.82, 2.24) is 5.32 Å². The fourth-order valence-corrected chi connectivity index (χ4v) is 2.08. The van der Waals surface area contributed by atoms with Gasteiger partial charge in [-0.25, -0.2) is 0 Å². The molecule has 3 unspecified atom stereocenters. The molecule has 0 bridgehead atoms. The maximum atomic E-state index is 9.37. The lowest BCUT2D eigenvalue weighted by atomic mass is 10.0. The molecule has 0 aliphatic carbocycles. The van der Waals surface area contributed by atoms with Crippen LogP contribution in [0.2, 0.25) is 0 Å². The molecule has 0 heterocycles. The number of hydrogen-bond donors (Lipinski definition) is 3. The largest absolute Gasteiger partial charge is 0.497 e. The molecule has 0 aliphatic rings. The van der Waals surface area contributed by atoms with Crippen molar-refractivity contribution < 1.29 is 9.84 Å². The van der Waals surface area contributed by atoms with Crippen LogP contribution in [0.5, 0.6) is 5.75 Å². The predicted octanol–water partition coefficient (Wildman–Crippen LogP) is 1.44. The van der Waals surface area contributed by atoms with Crippen molar-refractivity contribution >= 4 is 0 Å². The molecule has 0 aromatic heterocycles. The number of ether oxygens (including phenoxy) is 1. The Bertz CT molecular complexity index is 355. The number of methoxy groups -OCH3 is 1. The number of nitrogens with one attached hydrogen (secondary N) is 1. The highest BCUT2D eigenvalue weighted by Gasteiger charge is 2.14. The van der Waals surface area contributed by atoms with Gasteiger partial charge in [-0.15, -0.1) is 0 Å². The lowest BCUT2D eigenvalue weighted by molar-refractivity contribution is 0.168. The fraction of sp³-hybridized carbons (Fsp3) is 0.571. The van der Waals surface area contributed by atoms with Crippen LogP contribution in [0.25, 0.3) is 0 Å². The van der Waals surface area contributed by atoms with Crippen molar-refractivity contribution in [2.45, 2.75) is 38.5 Å².